The van der Waals surface area contributed by atoms with E-state index in [0.717, 1.165) is 79.4 Å². The lowest BCUT2D eigenvalue weighted by atomic mass is 9.95. The van der Waals surface area contributed by atoms with Gasteiger partial charge in [0.05, 0.1) is 10.5 Å². The van der Waals surface area contributed by atoms with Crippen molar-refractivity contribution in [2.45, 2.75) is 68.7 Å². The number of hydrogen-bond acceptors (Lipinski definition) is 7. The van der Waals surface area contributed by atoms with Crippen LogP contribution in [0, 0.1) is 0 Å². The molecule has 0 radical (unpaired) electrons. The monoisotopic (exact) mass is 671 g/mol. The number of nitrogens with one attached hydrogen (secondary N) is 3. The Morgan fingerprint density at radius 3 is 2.17 bits per heavy atom. The van der Waals surface area contributed by atoms with Crippen molar-refractivity contribution in [1.82, 2.24) is 4.72 Å². The Labute approximate surface area is 278 Å². The second-order valence-electron chi connectivity index (χ2n) is 12.1. The van der Waals surface area contributed by atoms with Crippen LogP contribution in [0.1, 0.15) is 84.7 Å². The molecule has 0 atom stereocenters. The minimum Gasteiger partial charge on any atom is -0.388 e. The van der Waals surface area contributed by atoms with Crippen LogP contribution >= 0.6 is 11.3 Å². The molecule has 0 aliphatic heterocycles. The molecule has 2 aliphatic carbocycles. The number of sulfonamides is 1. The van der Waals surface area contributed by atoms with E-state index in [1.165, 1.54) is 23.5 Å². The van der Waals surface area contributed by atoms with Crippen LogP contribution in [0.4, 0.5) is 10.7 Å². The average Bonchev–Trinajstić information content (AvgIpc) is 3.81. The van der Waals surface area contributed by atoms with E-state index in [0.29, 0.717) is 21.8 Å². The van der Waals surface area contributed by atoms with Gasteiger partial charge in [0.25, 0.3) is 11.8 Å². The number of aliphatic hydroxyl groups is 1. The van der Waals surface area contributed by atoms with Gasteiger partial charge in [0.1, 0.15) is 11.6 Å². The standard InChI is InChI=1S/C36H37N3O6S2/c40-22-31(41)25-15-11-23(12-16-25)5-3-6-24-13-17-27(18-14-24)37-35(43)33-30-9-1-2-10-32(30)46-36(33)38-34(42)26-7-4-8-29(21-26)47(44,45)39-28-19-20-28/h4,7-8,11-18,21,28,39-40H,1-3,5-6,9-10,19-20,22H2,(H,37,43)(H,38,42). The van der Waals surface area contributed by atoms with E-state index in [2.05, 4.69) is 15.4 Å². The van der Waals surface area contributed by atoms with E-state index < -0.39 is 22.5 Å². The number of thiophene rings is 1. The maximum Gasteiger partial charge on any atom is 0.258 e. The molecule has 2 amide bonds. The lowest BCUT2D eigenvalue weighted by molar-refractivity contribution is 0.0903. The van der Waals surface area contributed by atoms with Gasteiger partial charge in [-0.3, -0.25) is 14.4 Å². The summed E-state index contributed by atoms with van der Waals surface area (Å²) in [7, 11) is -3.72. The number of carbonyl (C=O) groups excluding carboxylic acids is 3. The fraction of sp³-hybridized carbons (Fsp3) is 0.306. The van der Waals surface area contributed by atoms with Gasteiger partial charge in [-0.05, 0) is 105 Å². The van der Waals surface area contributed by atoms with E-state index >= 15 is 0 Å². The largest absolute Gasteiger partial charge is 0.388 e. The number of fused-ring (bicyclic) bond motifs is 1. The third-order valence-corrected chi connectivity index (χ3v) is 11.2. The molecule has 1 saturated carbocycles. The van der Waals surface area contributed by atoms with Crippen LogP contribution in [0.2, 0.25) is 0 Å². The fourth-order valence-electron chi connectivity index (χ4n) is 5.76. The molecule has 1 fully saturated rings. The molecule has 0 unspecified atom stereocenters. The Morgan fingerprint density at radius 1 is 0.809 bits per heavy atom. The van der Waals surface area contributed by atoms with Crippen LogP contribution in [0.3, 0.4) is 0 Å². The number of hydrogen-bond donors (Lipinski definition) is 4. The van der Waals surface area contributed by atoms with Gasteiger partial charge in [0.2, 0.25) is 10.0 Å². The highest BCUT2D eigenvalue weighted by molar-refractivity contribution is 7.89. The molecule has 6 rings (SSSR count). The number of ketones is 1. The molecule has 1 aromatic heterocycles. The van der Waals surface area contributed by atoms with Crippen molar-refractivity contribution in [3.05, 3.63) is 111 Å². The van der Waals surface area contributed by atoms with E-state index in [1.807, 2.05) is 36.4 Å². The summed E-state index contributed by atoms with van der Waals surface area (Å²) in [6, 6.07) is 20.9. The molecule has 4 N–H and O–H groups in total. The number of rotatable bonds is 13. The lowest BCUT2D eigenvalue weighted by Gasteiger charge is -2.14. The number of benzene rings is 3. The number of aryl methyl sites for hydroxylation is 3. The van der Waals surface area contributed by atoms with Crippen molar-refractivity contribution in [3.63, 3.8) is 0 Å². The predicted octanol–water partition coefficient (Wildman–Crippen LogP) is 5.92. The van der Waals surface area contributed by atoms with Crippen molar-refractivity contribution >= 4 is 49.6 Å². The first-order valence-electron chi connectivity index (χ1n) is 15.9. The SMILES string of the molecule is O=C(CO)c1ccc(CCCc2ccc(NC(=O)c3c(NC(=O)c4cccc(S(=O)(=O)NC5CC5)c4)sc4c3CCCC4)cc2)cc1. The average molecular weight is 672 g/mol. The molecule has 4 aromatic rings. The normalized spacial score (nSPS) is 14.3. The zero-order chi connectivity index (χ0) is 33.0. The molecule has 1 heterocycles. The van der Waals surface area contributed by atoms with Crippen LogP contribution < -0.4 is 15.4 Å². The first-order chi connectivity index (χ1) is 22.7. The molecule has 9 nitrogen and oxygen atoms in total. The zero-order valence-corrected chi connectivity index (χ0v) is 27.5. The first kappa shape index (κ1) is 32.8. The van der Waals surface area contributed by atoms with Crippen molar-refractivity contribution < 1.29 is 27.9 Å². The molecule has 0 spiro atoms. The van der Waals surface area contributed by atoms with Crippen molar-refractivity contribution in [2.75, 3.05) is 17.2 Å². The lowest BCUT2D eigenvalue weighted by Crippen LogP contribution is -2.26. The number of Topliss-reactive ketones (excluding diaryl/α,β-unsaturated/α-hetero) is 1. The second-order valence-corrected chi connectivity index (χ2v) is 14.9. The summed E-state index contributed by atoms with van der Waals surface area (Å²) >= 11 is 1.41. The number of aliphatic hydroxyl groups excluding tert-OH is 1. The summed E-state index contributed by atoms with van der Waals surface area (Å²) in [6.07, 6.45) is 7.81. The van der Waals surface area contributed by atoms with Gasteiger partial charge in [-0.2, -0.15) is 0 Å². The Balaban J connectivity index is 1.11. The summed E-state index contributed by atoms with van der Waals surface area (Å²) in [5.74, 6) is -1.05. The summed E-state index contributed by atoms with van der Waals surface area (Å²) in [4.78, 5) is 39.8. The van der Waals surface area contributed by atoms with Gasteiger partial charge in [0, 0.05) is 27.7 Å². The number of anilines is 2. The van der Waals surface area contributed by atoms with Crippen LogP contribution in [-0.2, 0) is 35.7 Å². The molecule has 11 heteroatoms. The molecule has 47 heavy (non-hydrogen) atoms. The quantitative estimate of drug-likeness (QED) is 0.130. The van der Waals surface area contributed by atoms with Crippen LogP contribution in [-0.4, -0.2) is 43.8 Å². The fourth-order valence-corrected chi connectivity index (χ4v) is 8.39. The highest BCUT2D eigenvalue weighted by Crippen LogP contribution is 2.39. The van der Waals surface area contributed by atoms with Crippen molar-refractivity contribution in [3.8, 4) is 0 Å². The number of amides is 2. The highest BCUT2D eigenvalue weighted by Gasteiger charge is 2.29. The minimum absolute atomic E-state index is 0.0366. The Kier molecular flexibility index (Phi) is 9.97. The topological polar surface area (TPSA) is 142 Å². The zero-order valence-electron chi connectivity index (χ0n) is 25.9. The molecular weight excluding hydrogens is 635 g/mol. The molecule has 3 aromatic carbocycles. The highest BCUT2D eigenvalue weighted by atomic mass is 32.2. The third-order valence-electron chi connectivity index (χ3n) is 8.49. The molecular formula is C36H37N3O6S2. The third kappa shape index (κ3) is 8.05. The summed E-state index contributed by atoms with van der Waals surface area (Å²) in [5.41, 5.74) is 5.03. The minimum atomic E-state index is -3.72. The predicted molar refractivity (Wildman–Crippen MR) is 183 cm³/mol. The molecule has 0 bridgehead atoms. The van der Waals surface area contributed by atoms with Gasteiger partial charge in [0.15, 0.2) is 5.78 Å². The number of carbonyl (C=O) groups is 3. The summed E-state index contributed by atoms with van der Waals surface area (Å²) in [6.45, 7) is -0.494. The Bertz CT molecular complexity index is 1900. The Hall–Kier alpha value is -4.16. The van der Waals surface area contributed by atoms with Crippen molar-refractivity contribution in [2.24, 2.45) is 0 Å². The first-order valence-corrected chi connectivity index (χ1v) is 18.2. The van der Waals surface area contributed by atoms with Gasteiger partial charge < -0.3 is 15.7 Å². The molecule has 244 valence electrons. The van der Waals surface area contributed by atoms with Crippen molar-refractivity contribution in [1.29, 1.82) is 0 Å². The van der Waals surface area contributed by atoms with Gasteiger partial charge >= 0.3 is 0 Å². The van der Waals surface area contributed by atoms with Crippen LogP contribution in [0.5, 0.6) is 0 Å². The molecule has 0 saturated heterocycles. The maximum absolute atomic E-state index is 13.7. The van der Waals surface area contributed by atoms with Gasteiger partial charge in [-0.15, -0.1) is 11.3 Å². The van der Waals surface area contributed by atoms with E-state index in [1.54, 1.807) is 24.3 Å². The summed E-state index contributed by atoms with van der Waals surface area (Å²) < 4.78 is 28.1. The van der Waals surface area contributed by atoms with Crippen LogP contribution in [0.15, 0.2) is 77.7 Å². The second kappa shape index (κ2) is 14.3. The van der Waals surface area contributed by atoms with Crippen LogP contribution in [0.25, 0.3) is 0 Å². The van der Waals surface area contributed by atoms with E-state index in [9.17, 15) is 22.8 Å². The Morgan fingerprint density at radius 2 is 1.49 bits per heavy atom. The van der Waals surface area contributed by atoms with Gasteiger partial charge in [-0.25, -0.2) is 13.1 Å². The van der Waals surface area contributed by atoms with E-state index in [-0.39, 0.29) is 28.2 Å². The smallest absolute Gasteiger partial charge is 0.258 e. The molecule has 2 aliphatic rings. The van der Waals surface area contributed by atoms with E-state index in [4.69, 9.17) is 5.11 Å². The van der Waals surface area contributed by atoms with Gasteiger partial charge in [-0.1, -0.05) is 42.5 Å². The maximum atomic E-state index is 13.7. The summed E-state index contributed by atoms with van der Waals surface area (Å²) in [5, 5.41) is 15.4.